The third kappa shape index (κ3) is 5.79. The van der Waals surface area contributed by atoms with Crippen molar-refractivity contribution >= 4 is 23.4 Å². The van der Waals surface area contributed by atoms with Crippen LogP contribution in [0.4, 0.5) is 4.39 Å². The van der Waals surface area contributed by atoms with Crippen LogP contribution in [0.5, 0.6) is 5.75 Å². The lowest BCUT2D eigenvalue weighted by Gasteiger charge is -2.25. The number of esters is 1. The summed E-state index contributed by atoms with van der Waals surface area (Å²) in [7, 11) is 0. The van der Waals surface area contributed by atoms with Gasteiger partial charge in [-0.2, -0.15) is 0 Å². The number of thiazole rings is 1. The molecule has 41 heavy (non-hydrogen) atoms. The standard InChI is InChI=1S/C33H31FN2O4S/c1-5-39-32(38)29-21(4)35-33-36(30(29)23-16-14-22(15-17-23)20(2)3)31(37)28(41-33)18-24-10-7-9-13-27(24)40-19-25-11-6-8-12-26(25)34/h6-18,20,30H,5,19H2,1-4H3/b28-18-/t30-/m1/s1. The maximum absolute atomic E-state index is 14.2. The van der Waals surface area contributed by atoms with E-state index in [2.05, 4.69) is 18.8 Å². The van der Waals surface area contributed by atoms with E-state index >= 15 is 0 Å². The lowest BCUT2D eigenvalue weighted by molar-refractivity contribution is -0.139. The molecule has 0 spiro atoms. The second-order valence-corrected chi connectivity index (χ2v) is 11.1. The maximum Gasteiger partial charge on any atom is 0.338 e. The predicted octanol–water partition coefficient (Wildman–Crippen LogP) is 5.64. The molecule has 5 rings (SSSR count). The van der Waals surface area contributed by atoms with E-state index in [4.69, 9.17) is 9.47 Å². The lowest BCUT2D eigenvalue weighted by atomic mass is 9.93. The normalized spacial score (nSPS) is 15.1. The van der Waals surface area contributed by atoms with Crippen molar-refractivity contribution in [2.24, 2.45) is 4.99 Å². The number of hydrogen-bond acceptors (Lipinski definition) is 6. The van der Waals surface area contributed by atoms with Crippen LogP contribution in [0.3, 0.4) is 0 Å². The van der Waals surface area contributed by atoms with Gasteiger partial charge in [-0.25, -0.2) is 14.2 Å². The number of carbonyl (C=O) groups excluding carboxylic acids is 1. The van der Waals surface area contributed by atoms with Gasteiger partial charge in [0.25, 0.3) is 5.56 Å². The molecule has 0 N–H and O–H groups in total. The fraction of sp³-hybridized carbons (Fsp3) is 0.242. The monoisotopic (exact) mass is 570 g/mol. The number of carbonyl (C=O) groups is 1. The highest BCUT2D eigenvalue weighted by molar-refractivity contribution is 7.07. The number of aromatic nitrogens is 1. The van der Waals surface area contributed by atoms with Crippen LogP contribution in [0.25, 0.3) is 6.08 Å². The van der Waals surface area contributed by atoms with Gasteiger partial charge in [-0.1, -0.05) is 85.8 Å². The fourth-order valence-corrected chi connectivity index (χ4v) is 5.85. The van der Waals surface area contributed by atoms with Gasteiger partial charge in [-0.15, -0.1) is 0 Å². The van der Waals surface area contributed by atoms with Crippen molar-refractivity contribution < 1.29 is 18.7 Å². The van der Waals surface area contributed by atoms with Crippen LogP contribution in [0.1, 0.15) is 61.9 Å². The van der Waals surface area contributed by atoms with Crippen molar-refractivity contribution in [2.45, 2.75) is 46.3 Å². The molecule has 0 unspecified atom stereocenters. The summed E-state index contributed by atoms with van der Waals surface area (Å²) in [5.41, 5.74) is 3.66. The van der Waals surface area contributed by atoms with Crippen LogP contribution < -0.4 is 19.6 Å². The minimum atomic E-state index is -0.679. The molecule has 3 aromatic carbocycles. The molecular weight excluding hydrogens is 539 g/mol. The minimum Gasteiger partial charge on any atom is -0.488 e. The van der Waals surface area contributed by atoms with Crippen molar-refractivity contribution in [3.63, 3.8) is 0 Å². The number of halogens is 1. The maximum atomic E-state index is 14.2. The van der Waals surface area contributed by atoms with Crippen molar-refractivity contribution in [3.05, 3.63) is 132 Å². The summed E-state index contributed by atoms with van der Waals surface area (Å²) >= 11 is 1.25. The van der Waals surface area contributed by atoms with Crippen molar-refractivity contribution in [3.8, 4) is 5.75 Å². The van der Waals surface area contributed by atoms with Crippen LogP contribution in [-0.4, -0.2) is 17.1 Å². The summed E-state index contributed by atoms with van der Waals surface area (Å²) in [6.07, 6.45) is 1.75. The van der Waals surface area contributed by atoms with E-state index in [0.29, 0.717) is 43.4 Å². The van der Waals surface area contributed by atoms with Crippen LogP contribution in [-0.2, 0) is 16.1 Å². The molecule has 6 nitrogen and oxygen atoms in total. The Kier molecular flexibility index (Phi) is 8.31. The van der Waals surface area contributed by atoms with Gasteiger partial charge in [-0.05, 0) is 49.1 Å². The smallest absolute Gasteiger partial charge is 0.338 e. The number of para-hydroxylation sites is 1. The first-order valence-corrected chi connectivity index (χ1v) is 14.3. The number of nitrogens with zero attached hydrogens (tertiary/aromatic N) is 2. The SMILES string of the molecule is CCOC(=O)C1=C(C)N=c2s/c(=C\c3ccccc3OCc3ccccc3F)c(=O)n2[C@@H]1c1ccc(C(C)C)cc1. The van der Waals surface area contributed by atoms with Gasteiger partial charge in [0.05, 0.1) is 28.5 Å². The molecule has 210 valence electrons. The van der Waals surface area contributed by atoms with Gasteiger partial charge >= 0.3 is 5.97 Å². The van der Waals surface area contributed by atoms with Crippen molar-refractivity contribution in [1.29, 1.82) is 0 Å². The van der Waals surface area contributed by atoms with Gasteiger partial charge < -0.3 is 9.47 Å². The van der Waals surface area contributed by atoms with Crippen molar-refractivity contribution in [2.75, 3.05) is 6.61 Å². The van der Waals surface area contributed by atoms with E-state index in [0.717, 1.165) is 11.1 Å². The molecule has 0 aliphatic carbocycles. The van der Waals surface area contributed by atoms with Gasteiger partial charge in [-0.3, -0.25) is 9.36 Å². The zero-order chi connectivity index (χ0) is 29.1. The topological polar surface area (TPSA) is 69.9 Å². The first kappa shape index (κ1) is 28.2. The number of ether oxygens (including phenoxy) is 2. The van der Waals surface area contributed by atoms with E-state index in [1.807, 2.05) is 42.5 Å². The van der Waals surface area contributed by atoms with E-state index in [1.54, 1.807) is 48.8 Å². The van der Waals surface area contributed by atoms with E-state index in [-0.39, 0.29) is 24.6 Å². The quantitative estimate of drug-likeness (QED) is 0.257. The van der Waals surface area contributed by atoms with E-state index in [9.17, 15) is 14.0 Å². The molecule has 1 aromatic heterocycles. The van der Waals surface area contributed by atoms with Gasteiger partial charge in [0, 0.05) is 11.1 Å². The third-order valence-corrected chi connectivity index (χ3v) is 7.97. The van der Waals surface area contributed by atoms with Crippen molar-refractivity contribution in [1.82, 2.24) is 4.57 Å². The average Bonchev–Trinajstić information content (AvgIpc) is 3.26. The molecule has 0 amide bonds. The first-order valence-electron chi connectivity index (χ1n) is 13.5. The summed E-state index contributed by atoms with van der Waals surface area (Å²) in [5, 5.41) is 0. The Morgan fingerprint density at radius 1 is 1.07 bits per heavy atom. The molecule has 4 aromatic rings. The molecule has 0 bridgehead atoms. The Labute approximate surface area is 241 Å². The van der Waals surface area contributed by atoms with Gasteiger partial charge in [0.1, 0.15) is 18.2 Å². The lowest BCUT2D eigenvalue weighted by Crippen LogP contribution is -2.39. The number of hydrogen-bond donors (Lipinski definition) is 0. The number of allylic oxidation sites excluding steroid dienone is 1. The third-order valence-electron chi connectivity index (χ3n) is 6.98. The highest BCUT2D eigenvalue weighted by Crippen LogP contribution is 2.31. The molecule has 0 saturated carbocycles. The fourth-order valence-electron chi connectivity index (χ4n) is 4.81. The van der Waals surface area contributed by atoms with E-state index < -0.39 is 12.0 Å². The van der Waals surface area contributed by atoms with Crippen LogP contribution in [0, 0.1) is 5.82 Å². The number of rotatable bonds is 8. The Balaban J connectivity index is 1.60. The molecule has 8 heteroatoms. The summed E-state index contributed by atoms with van der Waals surface area (Å²) in [4.78, 5) is 32.2. The average molecular weight is 571 g/mol. The molecule has 1 aliphatic rings. The highest BCUT2D eigenvalue weighted by atomic mass is 32.1. The summed E-state index contributed by atoms with van der Waals surface area (Å²) in [6, 6.07) is 21.0. The Morgan fingerprint density at radius 2 is 1.78 bits per heavy atom. The Hall–Kier alpha value is -4.30. The molecule has 0 saturated heterocycles. The van der Waals surface area contributed by atoms with Crippen LogP contribution >= 0.6 is 11.3 Å². The van der Waals surface area contributed by atoms with Crippen LogP contribution in [0.2, 0.25) is 0 Å². The number of fused-ring (bicyclic) bond motifs is 1. The van der Waals surface area contributed by atoms with Gasteiger partial charge in [0.2, 0.25) is 0 Å². The predicted molar refractivity (Wildman–Crippen MR) is 158 cm³/mol. The first-order chi connectivity index (χ1) is 19.8. The molecular formula is C33H31FN2O4S. The second kappa shape index (κ2) is 12.1. The number of benzene rings is 3. The Morgan fingerprint density at radius 3 is 2.49 bits per heavy atom. The highest BCUT2D eigenvalue weighted by Gasteiger charge is 2.33. The molecule has 1 aliphatic heterocycles. The molecule has 0 radical (unpaired) electrons. The van der Waals surface area contributed by atoms with Gasteiger partial charge in [0.15, 0.2) is 4.80 Å². The zero-order valence-corrected chi connectivity index (χ0v) is 24.2. The Bertz CT molecular complexity index is 1800. The molecule has 2 heterocycles. The van der Waals surface area contributed by atoms with Crippen LogP contribution in [0.15, 0.2) is 93.9 Å². The summed E-state index contributed by atoms with van der Waals surface area (Å²) in [6.45, 7) is 8.01. The zero-order valence-electron chi connectivity index (χ0n) is 23.4. The summed E-state index contributed by atoms with van der Waals surface area (Å²) < 4.78 is 27.5. The largest absolute Gasteiger partial charge is 0.488 e. The minimum absolute atomic E-state index is 0.0489. The molecule has 1 atom stereocenters. The molecule has 0 fully saturated rings. The second-order valence-electron chi connectivity index (χ2n) is 10.0. The van der Waals surface area contributed by atoms with E-state index in [1.165, 1.54) is 17.4 Å². The summed E-state index contributed by atoms with van der Waals surface area (Å²) in [5.74, 6) is 0.0275.